The van der Waals surface area contributed by atoms with Gasteiger partial charge in [-0.2, -0.15) is 0 Å². The van der Waals surface area contributed by atoms with Gasteiger partial charge in [-0.25, -0.2) is 28.3 Å². The molecule has 264 valence electrons. The Kier molecular flexibility index (Phi) is 12.6. The number of hydrogen-bond acceptors (Lipinski definition) is 6. The van der Waals surface area contributed by atoms with Crippen LogP contribution in [0.4, 0.5) is 8.78 Å². The van der Waals surface area contributed by atoms with E-state index >= 15 is 0 Å². The van der Waals surface area contributed by atoms with Crippen LogP contribution in [0.1, 0.15) is 56.8 Å². The van der Waals surface area contributed by atoms with E-state index in [0.29, 0.717) is 70.3 Å². The molecule has 5 aromatic rings. The van der Waals surface area contributed by atoms with Gasteiger partial charge in [0.15, 0.2) is 0 Å². The van der Waals surface area contributed by atoms with Crippen LogP contribution in [0.2, 0.25) is 5.15 Å². The summed E-state index contributed by atoms with van der Waals surface area (Å²) in [6.45, 7) is 10.9. The minimum absolute atomic E-state index is 0. The topological polar surface area (TPSA) is 119 Å². The van der Waals surface area contributed by atoms with E-state index in [1.165, 1.54) is 42.5 Å². The van der Waals surface area contributed by atoms with Gasteiger partial charge in [0.2, 0.25) is 0 Å². The summed E-state index contributed by atoms with van der Waals surface area (Å²) in [6, 6.07) is 22.0. The first-order chi connectivity index (χ1) is 23.7. The molecule has 0 amide bonds. The lowest BCUT2D eigenvalue weighted by Crippen LogP contribution is -2.05. The van der Waals surface area contributed by atoms with Crippen LogP contribution in [0.15, 0.2) is 84.9 Å². The Labute approximate surface area is 297 Å². The van der Waals surface area contributed by atoms with Gasteiger partial charge >= 0.3 is 11.9 Å². The summed E-state index contributed by atoms with van der Waals surface area (Å²) in [6.07, 6.45) is 0. The van der Waals surface area contributed by atoms with Crippen LogP contribution in [-0.2, 0) is 0 Å². The smallest absolute Gasteiger partial charge is 0.338 e. The van der Waals surface area contributed by atoms with E-state index in [-0.39, 0.29) is 19.1 Å². The van der Waals surface area contributed by atoms with Gasteiger partial charge in [-0.3, -0.25) is 0 Å². The zero-order valence-electron chi connectivity index (χ0n) is 28.2. The Morgan fingerprint density at radius 1 is 0.680 bits per heavy atom. The molecule has 0 atom stereocenters. The fraction of sp³-hybridized carbons (Fsp3) is 0.231. The molecule has 0 saturated heterocycles. The number of rotatable bonds is 11. The second kappa shape index (κ2) is 16.8. The molecule has 0 aliphatic heterocycles. The summed E-state index contributed by atoms with van der Waals surface area (Å²) in [7, 11) is 0. The second-order valence-electron chi connectivity index (χ2n) is 12.4. The SMILES string of the molecule is CC(C)COc1cc(F)cc(-c2ccc(C(=O)O)c(Cl)n2)c1.Cc1ccc(-c2nc(-c3cc(F)cc(OCC(C)C)c3)ccc2C(=O)O)cc1.[HH].[HH]. The van der Waals surface area contributed by atoms with Gasteiger partial charge in [0.1, 0.15) is 28.3 Å². The maximum absolute atomic E-state index is 14.1. The molecule has 0 aliphatic rings. The Morgan fingerprint density at radius 2 is 1.14 bits per heavy atom. The molecule has 11 heteroatoms. The van der Waals surface area contributed by atoms with Gasteiger partial charge in [0, 0.05) is 31.7 Å². The number of aromatic carboxylic acids is 2. The molecule has 0 fully saturated rings. The number of benzene rings is 3. The second-order valence-corrected chi connectivity index (χ2v) is 12.7. The van der Waals surface area contributed by atoms with Crippen LogP contribution in [0.3, 0.4) is 0 Å². The zero-order chi connectivity index (χ0) is 36.5. The van der Waals surface area contributed by atoms with E-state index in [2.05, 4.69) is 9.97 Å². The molecule has 50 heavy (non-hydrogen) atoms. The fourth-order valence-electron chi connectivity index (χ4n) is 4.59. The molecule has 2 heterocycles. The standard InChI is InChI=1S/C23H22FNO3.C16H15ClFNO3.2H2/c1-14(2)13-28-19-11-17(10-18(24)12-19)21-9-8-20(23(26)27)22(25-21)16-6-4-15(3)5-7-16;1-9(2)8-22-12-6-10(5-11(18)7-12)14-4-3-13(16(20)21)15(17)19-14;;/h4-12,14H,13H2,1-3H3,(H,26,27);3-7,9H,8H2,1-2H3,(H,20,21);2*1H. The minimum Gasteiger partial charge on any atom is -0.493 e. The first-order valence-corrected chi connectivity index (χ1v) is 16.2. The van der Waals surface area contributed by atoms with Crippen molar-refractivity contribution in [1.82, 2.24) is 9.97 Å². The van der Waals surface area contributed by atoms with Crippen LogP contribution in [0.25, 0.3) is 33.8 Å². The average molecular weight is 707 g/mol. The highest BCUT2D eigenvalue weighted by Crippen LogP contribution is 2.30. The number of aromatic nitrogens is 2. The number of nitrogens with zero attached hydrogens (tertiary/aromatic N) is 2. The van der Waals surface area contributed by atoms with Crippen LogP contribution in [0, 0.1) is 30.4 Å². The van der Waals surface area contributed by atoms with Crippen molar-refractivity contribution >= 4 is 23.5 Å². The number of aryl methyl sites for hydroxylation is 1. The van der Waals surface area contributed by atoms with E-state index in [9.17, 15) is 23.5 Å². The molecule has 3 aromatic carbocycles. The molecule has 5 rings (SSSR count). The van der Waals surface area contributed by atoms with Gasteiger partial charge in [-0.05, 0) is 67.3 Å². The number of hydrogen-bond donors (Lipinski definition) is 2. The van der Waals surface area contributed by atoms with Crippen molar-refractivity contribution in [1.29, 1.82) is 0 Å². The predicted octanol–water partition coefficient (Wildman–Crippen LogP) is 10.4. The normalized spacial score (nSPS) is 10.8. The van der Waals surface area contributed by atoms with Crippen molar-refractivity contribution < 1.29 is 40.9 Å². The number of halogens is 3. The van der Waals surface area contributed by atoms with Crippen LogP contribution in [-0.4, -0.2) is 45.3 Å². The third-order valence-corrected chi connectivity index (χ3v) is 7.32. The van der Waals surface area contributed by atoms with Gasteiger partial charge in [-0.1, -0.05) is 69.1 Å². The van der Waals surface area contributed by atoms with Crippen LogP contribution >= 0.6 is 11.6 Å². The first-order valence-electron chi connectivity index (χ1n) is 15.8. The predicted molar refractivity (Wildman–Crippen MR) is 193 cm³/mol. The quantitative estimate of drug-likeness (QED) is 0.130. The lowest BCUT2D eigenvalue weighted by molar-refractivity contribution is 0.0686. The maximum atomic E-state index is 14.1. The van der Waals surface area contributed by atoms with Gasteiger partial charge in [-0.15, -0.1) is 0 Å². The summed E-state index contributed by atoms with van der Waals surface area (Å²) in [5.74, 6) is -1.68. The van der Waals surface area contributed by atoms with E-state index < -0.39 is 23.6 Å². The van der Waals surface area contributed by atoms with Crippen molar-refractivity contribution in [2.45, 2.75) is 34.6 Å². The molecule has 0 radical (unpaired) electrons. The van der Waals surface area contributed by atoms with Crippen molar-refractivity contribution in [3.8, 4) is 45.3 Å². The number of carboxylic acids is 2. The highest BCUT2D eigenvalue weighted by Gasteiger charge is 2.17. The molecule has 0 unspecified atom stereocenters. The summed E-state index contributed by atoms with van der Waals surface area (Å²) in [5, 5.41) is 18.3. The third kappa shape index (κ3) is 10.3. The molecule has 8 nitrogen and oxygen atoms in total. The lowest BCUT2D eigenvalue weighted by Gasteiger charge is -2.12. The summed E-state index contributed by atoms with van der Waals surface area (Å²) in [4.78, 5) is 31.1. The average Bonchev–Trinajstić information content (AvgIpc) is 3.06. The van der Waals surface area contributed by atoms with Gasteiger partial charge in [0.25, 0.3) is 0 Å². The van der Waals surface area contributed by atoms with E-state index in [1.54, 1.807) is 18.2 Å². The highest BCUT2D eigenvalue weighted by molar-refractivity contribution is 6.32. The summed E-state index contributed by atoms with van der Waals surface area (Å²) >= 11 is 5.84. The van der Waals surface area contributed by atoms with Gasteiger partial charge < -0.3 is 19.7 Å². The molecular formula is C39H41ClF2N2O6. The number of ether oxygens (including phenoxy) is 2. The third-order valence-electron chi connectivity index (χ3n) is 7.03. The Morgan fingerprint density at radius 3 is 1.58 bits per heavy atom. The molecule has 0 bridgehead atoms. The summed E-state index contributed by atoms with van der Waals surface area (Å²) in [5.41, 5.74) is 3.96. The van der Waals surface area contributed by atoms with Crippen LogP contribution in [0.5, 0.6) is 11.5 Å². The molecule has 0 saturated carbocycles. The maximum Gasteiger partial charge on any atom is 0.338 e. The van der Waals surface area contributed by atoms with Crippen molar-refractivity contribution in [3.63, 3.8) is 0 Å². The molecule has 0 aliphatic carbocycles. The first kappa shape index (κ1) is 37.5. The van der Waals surface area contributed by atoms with Crippen LogP contribution < -0.4 is 9.47 Å². The summed E-state index contributed by atoms with van der Waals surface area (Å²) < 4.78 is 39.0. The van der Waals surface area contributed by atoms with E-state index in [1.807, 2.05) is 58.9 Å². The van der Waals surface area contributed by atoms with Gasteiger partial charge in [0.05, 0.1) is 41.4 Å². The fourth-order valence-corrected chi connectivity index (χ4v) is 4.83. The molecule has 2 aromatic heterocycles. The Hall–Kier alpha value is -5.35. The van der Waals surface area contributed by atoms with Crippen molar-refractivity contribution in [2.24, 2.45) is 11.8 Å². The molecule has 0 spiro atoms. The Bertz CT molecular complexity index is 2000. The van der Waals surface area contributed by atoms with Crippen molar-refractivity contribution in [3.05, 3.63) is 118 Å². The monoisotopic (exact) mass is 706 g/mol. The van der Waals surface area contributed by atoms with E-state index in [0.717, 1.165) is 5.56 Å². The minimum atomic E-state index is -1.16. The van der Waals surface area contributed by atoms with Crippen molar-refractivity contribution in [2.75, 3.05) is 13.2 Å². The number of carboxylic acid groups (broad SMARTS) is 2. The zero-order valence-corrected chi connectivity index (χ0v) is 29.0. The van der Waals surface area contributed by atoms with E-state index in [4.69, 9.17) is 26.2 Å². The Balaban J connectivity index is 0.000000356. The molecule has 2 N–H and O–H groups in total. The molecular weight excluding hydrogens is 666 g/mol. The number of carbonyl (C=O) groups is 2. The number of pyridine rings is 2. The highest BCUT2D eigenvalue weighted by atomic mass is 35.5. The lowest BCUT2D eigenvalue weighted by atomic mass is 10.0. The largest absolute Gasteiger partial charge is 0.493 e.